The number of halogens is 3. The maximum atomic E-state index is 15.3. The van der Waals surface area contributed by atoms with Crippen LogP contribution in [0, 0.1) is 5.82 Å². The SMILES string of the molecule is Nc1cc(-c2cccc(CC(F)F)c2)cnc1C(=O)NCCOCCN(CC(=O)N1CCN(C(=O)c2cc(Cc3n[nH]c(=O)c4ccccc34)ccc2F)CC1)C(=O)OCC1c2ccccc2-c2ccccc21. The Kier molecular flexibility index (Phi) is 15.2. The lowest BCUT2D eigenvalue weighted by atomic mass is 9.98. The fraction of sp³-hybridized carbons (Fsp3) is 0.255. The molecule has 7 aromatic rings. The molecule has 1 saturated heterocycles. The molecule has 15 nitrogen and oxygen atoms in total. The summed E-state index contributed by atoms with van der Waals surface area (Å²) in [6, 6.07) is 35.4. The molecule has 4 amide bonds. The minimum absolute atomic E-state index is 0.0180. The van der Waals surface area contributed by atoms with Crippen LogP contribution in [0.15, 0.2) is 132 Å². The minimum Gasteiger partial charge on any atom is -0.448 e. The molecule has 2 aliphatic rings. The smallest absolute Gasteiger partial charge is 0.410 e. The average Bonchev–Trinajstić information content (AvgIpc) is 3.72. The Balaban J connectivity index is 0.805. The zero-order valence-electron chi connectivity index (χ0n) is 39.6. The van der Waals surface area contributed by atoms with E-state index >= 15 is 4.39 Å². The molecule has 1 aliphatic carbocycles. The number of pyridine rings is 1. The first kappa shape index (κ1) is 49.6. The highest BCUT2D eigenvalue weighted by atomic mass is 19.3. The van der Waals surface area contributed by atoms with Crippen LogP contribution in [0.5, 0.6) is 0 Å². The lowest BCUT2D eigenvalue weighted by molar-refractivity contribution is -0.133. The third kappa shape index (κ3) is 11.4. The van der Waals surface area contributed by atoms with Crippen molar-refractivity contribution in [2.45, 2.75) is 25.2 Å². The molecule has 0 unspecified atom stereocenters. The predicted octanol–water partition coefficient (Wildman–Crippen LogP) is 7.09. The number of anilines is 1. The molecule has 2 aromatic heterocycles. The van der Waals surface area contributed by atoms with Gasteiger partial charge < -0.3 is 30.3 Å². The van der Waals surface area contributed by atoms with Crippen molar-refractivity contribution >= 4 is 40.3 Å². The molecule has 374 valence electrons. The number of carbonyl (C=O) groups excluding carboxylic acids is 4. The summed E-state index contributed by atoms with van der Waals surface area (Å²) in [7, 11) is 0. The number of nitrogens with two attached hydrogens (primary N) is 1. The van der Waals surface area contributed by atoms with E-state index in [0.717, 1.165) is 22.3 Å². The molecule has 1 fully saturated rings. The van der Waals surface area contributed by atoms with Gasteiger partial charge in [-0.2, -0.15) is 5.10 Å². The number of amides is 4. The van der Waals surface area contributed by atoms with Crippen molar-refractivity contribution in [3.63, 3.8) is 0 Å². The summed E-state index contributed by atoms with van der Waals surface area (Å²) in [6.45, 7) is 0.185. The van der Waals surface area contributed by atoms with Crippen LogP contribution in [-0.2, 0) is 27.1 Å². The zero-order valence-corrected chi connectivity index (χ0v) is 39.6. The lowest BCUT2D eigenvalue weighted by Crippen LogP contribution is -2.53. The number of benzene rings is 5. The van der Waals surface area contributed by atoms with Crippen molar-refractivity contribution in [3.05, 3.63) is 183 Å². The Morgan fingerprint density at radius 3 is 2.22 bits per heavy atom. The fourth-order valence-electron chi connectivity index (χ4n) is 9.34. The van der Waals surface area contributed by atoms with Gasteiger partial charge in [-0.1, -0.05) is 97.1 Å². The molecule has 0 saturated carbocycles. The van der Waals surface area contributed by atoms with Crippen molar-refractivity contribution in [3.8, 4) is 22.3 Å². The first-order chi connectivity index (χ1) is 35.4. The highest BCUT2D eigenvalue weighted by molar-refractivity contribution is 5.98. The van der Waals surface area contributed by atoms with Crippen LogP contribution in [0.4, 0.5) is 23.7 Å². The van der Waals surface area contributed by atoms with E-state index in [1.807, 2.05) is 48.5 Å². The van der Waals surface area contributed by atoms with Crippen LogP contribution < -0.4 is 16.6 Å². The largest absolute Gasteiger partial charge is 0.448 e. The summed E-state index contributed by atoms with van der Waals surface area (Å²) >= 11 is 0. The van der Waals surface area contributed by atoms with E-state index in [1.54, 1.807) is 65.6 Å². The molecule has 1 aliphatic heterocycles. The van der Waals surface area contributed by atoms with Gasteiger partial charge in [-0.25, -0.2) is 28.0 Å². The summed E-state index contributed by atoms with van der Waals surface area (Å²) < 4.78 is 53.0. The second-order valence-corrected chi connectivity index (χ2v) is 17.8. The van der Waals surface area contributed by atoms with Gasteiger partial charge in [0.2, 0.25) is 12.3 Å². The molecule has 9 rings (SSSR count). The lowest BCUT2D eigenvalue weighted by Gasteiger charge is -2.36. The van der Waals surface area contributed by atoms with Crippen LogP contribution in [0.1, 0.15) is 54.7 Å². The number of fused-ring (bicyclic) bond motifs is 4. The number of nitrogen functional groups attached to an aromatic ring is 1. The number of rotatable bonds is 17. The molecular weight excluding hydrogens is 942 g/mol. The number of carbonyl (C=O) groups is 4. The number of nitrogens with zero attached hydrogens (tertiary/aromatic N) is 5. The summed E-state index contributed by atoms with van der Waals surface area (Å²) in [5.74, 6) is -2.41. The molecule has 0 atom stereocenters. The monoisotopic (exact) mass is 992 g/mol. The summed E-state index contributed by atoms with van der Waals surface area (Å²) in [5, 5.41) is 10.5. The van der Waals surface area contributed by atoms with Crippen molar-refractivity contribution in [2.75, 3.05) is 71.4 Å². The Labute approximate surface area is 417 Å². The third-order valence-electron chi connectivity index (χ3n) is 13.1. The number of hydrogen-bond acceptors (Lipinski definition) is 10. The standard InChI is InChI=1S/C55H51F3N8O7/c56-46-17-16-35(28-48-42-14-5-6-15-43(42)52(68)63-62-48)27-44(46)54(70)65-21-19-64(20-22-65)50(67)32-66(55(71)73-33-45-40-12-3-1-10-38(40)39-11-2-4-13-41(39)45)23-25-72-24-18-60-53(69)51-47(59)30-37(31-61-51)36-9-7-8-34(26-36)29-49(57)58/h1-17,26-27,30-31,45,49H,18-25,28-29,32-33,59H2,(H,60,69)(H,63,68). The predicted molar refractivity (Wildman–Crippen MR) is 268 cm³/mol. The van der Waals surface area contributed by atoms with E-state index < -0.39 is 42.5 Å². The number of nitrogens with one attached hydrogen (secondary N) is 2. The van der Waals surface area contributed by atoms with Crippen LogP contribution >= 0.6 is 0 Å². The molecule has 4 N–H and O–H groups in total. The van der Waals surface area contributed by atoms with Gasteiger partial charge in [0.05, 0.1) is 35.5 Å². The van der Waals surface area contributed by atoms with Gasteiger partial charge >= 0.3 is 6.09 Å². The third-order valence-corrected chi connectivity index (χ3v) is 13.1. The van der Waals surface area contributed by atoms with Gasteiger partial charge in [0, 0.05) is 75.2 Å². The molecule has 0 bridgehead atoms. The van der Waals surface area contributed by atoms with Crippen molar-refractivity contribution in [1.82, 2.24) is 35.2 Å². The molecule has 3 heterocycles. The topological polar surface area (TPSA) is 193 Å². The van der Waals surface area contributed by atoms with Crippen LogP contribution in [0.25, 0.3) is 33.0 Å². The molecule has 0 radical (unpaired) electrons. The van der Waals surface area contributed by atoms with Gasteiger partial charge in [0.15, 0.2) is 5.69 Å². The Morgan fingerprint density at radius 2 is 1.49 bits per heavy atom. The van der Waals surface area contributed by atoms with Crippen LogP contribution in [-0.4, -0.2) is 126 Å². The number of aromatic amines is 1. The van der Waals surface area contributed by atoms with E-state index in [1.165, 1.54) is 28.1 Å². The quantitative estimate of drug-likeness (QED) is 0.0794. The fourth-order valence-corrected chi connectivity index (χ4v) is 9.34. The van der Waals surface area contributed by atoms with E-state index in [4.69, 9.17) is 15.2 Å². The van der Waals surface area contributed by atoms with Gasteiger partial charge in [0.1, 0.15) is 19.0 Å². The second kappa shape index (κ2) is 22.4. The number of hydrogen-bond donors (Lipinski definition) is 3. The van der Waals surface area contributed by atoms with Crippen molar-refractivity contribution in [2.24, 2.45) is 0 Å². The van der Waals surface area contributed by atoms with Gasteiger partial charge in [-0.15, -0.1) is 0 Å². The summed E-state index contributed by atoms with van der Waals surface area (Å²) in [4.78, 5) is 75.5. The van der Waals surface area contributed by atoms with Gasteiger partial charge in [0.25, 0.3) is 17.4 Å². The first-order valence-electron chi connectivity index (χ1n) is 23.8. The van der Waals surface area contributed by atoms with Gasteiger partial charge in [-0.3, -0.25) is 24.1 Å². The molecule has 18 heteroatoms. The number of ether oxygens (including phenoxy) is 2. The van der Waals surface area contributed by atoms with Crippen LogP contribution in [0.2, 0.25) is 0 Å². The number of aromatic nitrogens is 3. The van der Waals surface area contributed by atoms with Crippen molar-refractivity contribution < 1.29 is 41.8 Å². The Bertz CT molecular complexity index is 3210. The number of alkyl halides is 2. The van der Waals surface area contributed by atoms with E-state index in [0.29, 0.717) is 38.7 Å². The highest BCUT2D eigenvalue weighted by Gasteiger charge is 2.32. The summed E-state index contributed by atoms with van der Waals surface area (Å²) in [5.41, 5.74) is 12.8. The zero-order chi connectivity index (χ0) is 51.0. The minimum atomic E-state index is -2.49. The second-order valence-electron chi connectivity index (χ2n) is 17.8. The molecular formula is C55H51F3N8O7. The highest BCUT2D eigenvalue weighted by Crippen LogP contribution is 2.44. The average molecular weight is 993 g/mol. The van der Waals surface area contributed by atoms with Gasteiger partial charge in [-0.05, 0) is 63.2 Å². The van der Waals surface area contributed by atoms with Crippen molar-refractivity contribution in [1.29, 1.82) is 0 Å². The maximum absolute atomic E-state index is 15.3. The molecule has 0 spiro atoms. The van der Waals surface area contributed by atoms with E-state index in [9.17, 15) is 32.8 Å². The number of H-pyrrole nitrogens is 1. The summed E-state index contributed by atoms with van der Waals surface area (Å²) in [6.07, 6.45) is -1.93. The maximum Gasteiger partial charge on any atom is 0.410 e. The molecule has 5 aromatic carbocycles. The Morgan fingerprint density at radius 1 is 0.795 bits per heavy atom. The van der Waals surface area contributed by atoms with E-state index in [-0.39, 0.29) is 100 Å². The first-order valence-corrected chi connectivity index (χ1v) is 23.8. The number of piperazine rings is 1. The van der Waals surface area contributed by atoms with E-state index in [2.05, 4.69) is 20.5 Å². The normalized spacial score (nSPS) is 13.2. The van der Waals surface area contributed by atoms with Crippen LogP contribution in [0.3, 0.4) is 0 Å². The Hall–Kier alpha value is -8.38. The molecule has 73 heavy (non-hydrogen) atoms.